The van der Waals surface area contributed by atoms with Gasteiger partial charge in [-0.3, -0.25) is 4.79 Å². The number of carbonyl (C=O) groups excluding carboxylic acids is 1. The standard InChI is InChI=1S/C9H6F3NO3S/c10-9(11,12)8(16)13-5-2-1-4(7(14)15)3-6(5)17/h1-3,17H,(H,13,16)(H,14,15). The molecule has 0 radical (unpaired) electrons. The smallest absolute Gasteiger partial charge is 0.471 e. The normalized spacial score (nSPS) is 11.1. The van der Waals surface area contributed by atoms with Crippen molar-refractivity contribution in [1.29, 1.82) is 0 Å². The molecule has 0 bridgehead atoms. The number of carboxylic acid groups (broad SMARTS) is 1. The highest BCUT2D eigenvalue weighted by atomic mass is 32.1. The Hall–Kier alpha value is -1.70. The first-order valence-electron chi connectivity index (χ1n) is 4.16. The molecule has 8 heteroatoms. The summed E-state index contributed by atoms with van der Waals surface area (Å²) in [6.07, 6.45) is -5.01. The number of hydrogen-bond donors (Lipinski definition) is 3. The molecule has 0 fully saturated rings. The van der Waals surface area contributed by atoms with E-state index in [1.54, 1.807) is 5.32 Å². The Kier molecular flexibility index (Phi) is 3.66. The Bertz CT molecular complexity index is 473. The van der Waals surface area contributed by atoms with Gasteiger partial charge in [0.05, 0.1) is 11.3 Å². The molecule has 1 aromatic carbocycles. The maximum absolute atomic E-state index is 11.9. The summed E-state index contributed by atoms with van der Waals surface area (Å²) in [5.41, 5.74) is -0.347. The number of anilines is 1. The van der Waals surface area contributed by atoms with Crippen LogP contribution in [0.5, 0.6) is 0 Å². The van der Waals surface area contributed by atoms with E-state index < -0.39 is 18.1 Å². The van der Waals surface area contributed by atoms with E-state index in [2.05, 4.69) is 12.6 Å². The van der Waals surface area contributed by atoms with Gasteiger partial charge >= 0.3 is 18.1 Å². The number of carbonyl (C=O) groups is 2. The lowest BCUT2D eigenvalue weighted by Gasteiger charge is -2.10. The fourth-order valence-electron chi connectivity index (χ4n) is 0.964. The molecule has 4 nitrogen and oxygen atoms in total. The molecular formula is C9H6F3NO3S. The zero-order chi connectivity index (χ0) is 13.2. The molecule has 0 saturated carbocycles. The first-order valence-corrected chi connectivity index (χ1v) is 4.61. The molecule has 0 aliphatic carbocycles. The average Bonchev–Trinajstić information content (AvgIpc) is 2.19. The van der Waals surface area contributed by atoms with Crippen LogP contribution in [0.15, 0.2) is 23.1 Å². The van der Waals surface area contributed by atoms with E-state index in [1.807, 2.05) is 0 Å². The van der Waals surface area contributed by atoms with Crippen molar-refractivity contribution in [3.63, 3.8) is 0 Å². The van der Waals surface area contributed by atoms with E-state index in [0.29, 0.717) is 0 Å². The number of hydrogen-bond acceptors (Lipinski definition) is 3. The minimum atomic E-state index is -5.01. The maximum Gasteiger partial charge on any atom is 0.471 e. The summed E-state index contributed by atoms with van der Waals surface area (Å²) in [6.45, 7) is 0. The molecule has 17 heavy (non-hydrogen) atoms. The van der Waals surface area contributed by atoms with Crippen LogP contribution in [0.25, 0.3) is 0 Å². The molecule has 0 heterocycles. The van der Waals surface area contributed by atoms with E-state index >= 15 is 0 Å². The van der Waals surface area contributed by atoms with E-state index in [9.17, 15) is 22.8 Å². The summed E-state index contributed by atoms with van der Waals surface area (Å²) >= 11 is 3.79. The Morgan fingerprint density at radius 3 is 2.29 bits per heavy atom. The lowest BCUT2D eigenvalue weighted by atomic mass is 10.2. The first kappa shape index (κ1) is 13.4. The van der Waals surface area contributed by atoms with Crippen LogP contribution in [0, 0.1) is 0 Å². The van der Waals surface area contributed by atoms with Gasteiger partial charge in [-0.15, -0.1) is 12.6 Å². The van der Waals surface area contributed by atoms with E-state index in [4.69, 9.17) is 5.11 Å². The van der Waals surface area contributed by atoms with Crippen molar-refractivity contribution in [3.8, 4) is 0 Å². The highest BCUT2D eigenvalue weighted by Gasteiger charge is 2.38. The molecule has 2 N–H and O–H groups in total. The number of alkyl halides is 3. The van der Waals surface area contributed by atoms with Crippen LogP contribution >= 0.6 is 12.6 Å². The maximum atomic E-state index is 11.9. The van der Waals surface area contributed by atoms with Gasteiger partial charge in [-0.1, -0.05) is 0 Å². The molecule has 0 atom stereocenters. The third-order valence-corrected chi connectivity index (χ3v) is 2.12. The molecule has 1 rings (SSSR count). The van der Waals surface area contributed by atoms with Crippen molar-refractivity contribution in [2.75, 3.05) is 5.32 Å². The van der Waals surface area contributed by atoms with Gasteiger partial charge in [0.25, 0.3) is 0 Å². The number of aromatic carboxylic acids is 1. The van der Waals surface area contributed by atoms with Crippen molar-refractivity contribution in [2.45, 2.75) is 11.1 Å². The fourth-order valence-corrected chi connectivity index (χ4v) is 1.23. The fraction of sp³-hybridized carbons (Fsp3) is 0.111. The van der Waals surface area contributed by atoms with Crippen LogP contribution in [0.3, 0.4) is 0 Å². The van der Waals surface area contributed by atoms with Gasteiger partial charge in [0.2, 0.25) is 0 Å². The van der Waals surface area contributed by atoms with Crippen LogP contribution in [0.1, 0.15) is 10.4 Å². The van der Waals surface area contributed by atoms with Crippen LogP contribution in [0.2, 0.25) is 0 Å². The second-order valence-electron chi connectivity index (χ2n) is 2.99. The van der Waals surface area contributed by atoms with Gasteiger partial charge in [0, 0.05) is 4.90 Å². The number of thiol groups is 1. The summed E-state index contributed by atoms with van der Waals surface area (Å²) in [5, 5.41) is 10.2. The minimum Gasteiger partial charge on any atom is -0.478 e. The summed E-state index contributed by atoms with van der Waals surface area (Å²) in [4.78, 5) is 21.1. The van der Waals surface area contributed by atoms with Crippen molar-refractivity contribution in [2.24, 2.45) is 0 Å². The zero-order valence-corrected chi connectivity index (χ0v) is 8.97. The second-order valence-corrected chi connectivity index (χ2v) is 3.47. The van der Waals surface area contributed by atoms with E-state index in [0.717, 1.165) is 18.2 Å². The number of nitrogens with one attached hydrogen (secondary N) is 1. The average molecular weight is 265 g/mol. The third kappa shape index (κ3) is 3.38. The summed E-state index contributed by atoms with van der Waals surface area (Å²) in [7, 11) is 0. The monoisotopic (exact) mass is 265 g/mol. The first-order chi connectivity index (χ1) is 7.71. The highest BCUT2D eigenvalue weighted by Crippen LogP contribution is 2.24. The van der Waals surface area contributed by atoms with Crippen molar-refractivity contribution in [3.05, 3.63) is 23.8 Å². The molecule has 92 valence electrons. The van der Waals surface area contributed by atoms with Gasteiger partial charge in [-0.05, 0) is 18.2 Å². The van der Waals surface area contributed by atoms with Crippen LogP contribution in [-0.2, 0) is 4.79 Å². The van der Waals surface area contributed by atoms with Crippen LogP contribution in [0.4, 0.5) is 18.9 Å². The number of carboxylic acids is 1. The van der Waals surface area contributed by atoms with Gasteiger partial charge in [-0.25, -0.2) is 4.79 Å². The SMILES string of the molecule is O=C(O)c1ccc(NC(=O)C(F)(F)F)c(S)c1. The summed E-state index contributed by atoms with van der Waals surface area (Å²) in [5.74, 6) is -3.38. The molecule has 0 aromatic heterocycles. The molecule has 0 spiro atoms. The van der Waals surface area contributed by atoms with Crippen molar-refractivity contribution in [1.82, 2.24) is 0 Å². The van der Waals surface area contributed by atoms with E-state index in [1.165, 1.54) is 0 Å². The van der Waals surface area contributed by atoms with Gasteiger partial charge < -0.3 is 10.4 Å². The quantitative estimate of drug-likeness (QED) is 0.718. The molecule has 0 aliphatic rings. The lowest BCUT2D eigenvalue weighted by Crippen LogP contribution is -2.30. The van der Waals surface area contributed by atoms with Gasteiger partial charge in [-0.2, -0.15) is 13.2 Å². The van der Waals surface area contributed by atoms with E-state index in [-0.39, 0.29) is 16.1 Å². The summed E-state index contributed by atoms with van der Waals surface area (Å²) in [6, 6.07) is 3.14. The minimum absolute atomic E-state index is 0.0671. The third-order valence-electron chi connectivity index (χ3n) is 1.75. The number of amides is 1. The molecule has 1 aromatic rings. The number of halogens is 3. The Morgan fingerprint density at radius 2 is 1.88 bits per heavy atom. The lowest BCUT2D eigenvalue weighted by molar-refractivity contribution is -0.167. The van der Waals surface area contributed by atoms with Crippen LogP contribution in [-0.4, -0.2) is 23.2 Å². The van der Waals surface area contributed by atoms with Crippen molar-refractivity contribution >= 4 is 30.2 Å². The Balaban J connectivity index is 2.95. The molecule has 1 amide bonds. The zero-order valence-electron chi connectivity index (χ0n) is 8.08. The van der Waals surface area contributed by atoms with Crippen molar-refractivity contribution < 1.29 is 27.9 Å². The molecule has 0 aliphatic heterocycles. The predicted molar refractivity (Wildman–Crippen MR) is 55.3 cm³/mol. The second kappa shape index (κ2) is 4.66. The largest absolute Gasteiger partial charge is 0.478 e. The molecule has 0 unspecified atom stereocenters. The number of benzene rings is 1. The van der Waals surface area contributed by atoms with Gasteiger partial charge in [0.1, 0.15) is 0 Å². The molecular weight excluding hydrogens is 259 g/mol. The Morgan fingerprint density at radius 1 is 1.29 bits per heavy atom. The molecule has 0 saturated heterocycles. The van der Waals surface area contributed by atoms with Gasteiger partial charge in [0.15, 0.2) is 0 Å². The predicted octanol–water partition coefficient (Wildman–Crippen LogP) is 2.17. The van der Waals surface area contributed by atoms with Crippen LogP contribution < -0.4 is 5.32 Å². The summed E-state index contributed by atoms with van der Waals surface area (Å²) < 4.78 is 35.8. The Labute approximate surface area is 98.8 Å². The topological polar surface area (TPSA) is 66.4 Å². The highest BCUT2D eigenvalue weighted by molar-refractivity contribution is 7.80. The number of rotatable bonds is 2.